The number of hydrogen-bond donors (Lipinski definition) is 2. The van der Waals surface area contributed by atoms with Crippen molar-refractivity contribution >= 4 is 23.5 Å². The first-order chi connectivity index (χ1) is 12.6. The van der Waals surface area contributed by atoms with Crippen LogP contribution in [-0.4, -0.2) is 38.6 Å². The van der Waals surface area contributed by atoms with Crippen LogP contribution in [-0.2, 0) is 9.59 Å². The average Bonchev–Trinajstić information content (AvgIpc) is 2.58. The van der Waals surface area contributed by atoms with E-state index < -0.39 is 17.5 Å². The van der Waals surface area contributed by atoms with E-state index in [4.69, 9.17) is 11.6 Å². The van der Waals surface area contributed by atoms with E-state index in [9.17, 15) is 19.8 Å². The highest BCUT2D eigenvalue weighted by Gasteiger charge is 2.40. The molecule has 2 rings (SSSR count). The summed E-state index contributed by atoms with van der Waals surface area (Å²) in [6.45, 7) is 5.56. The van der Waals surface area contributed by atoms with Gasteiger partial charge in [-0.05, 0) is 63.6 Å². The second-order valence-electron chi connectivity index (χ2n) is 8.10. The van der Waals surface area contributed by atoms with E-state index in [1.807, 2.05) is 36.1 Å². The minimum Gasteiger partial charge on any atom is -0.481 e. The molecule has 0 aromatic heterocycles. The van der Waals surface area contributed by atoms with Crippen molar-refractivity contribution in [3.8, 4) is 0 Å². The summed E-state index contributed by atoms with van der Waals surface area (Å²) in [4.78, 5) is 26.3. The van der Waals surface area contributed by atoms with Crippen molar-refractivity contribution in [3.63, 3.8) is 0 Å². The van der Waals surface area contributed by atoms with Crippen LogP contribution < -0.4 is 0 Å². The Morgan fingerprint density at radius 2 is 1.93 bits per heavy atom. The molecule has 0 bridgehead atoms. The molecule has 1 aromatic carbocycles. The molecule has 1 heterocycles. The molecular formula is C21H30ClNO4. The van der Waals surface area contributed by atoms with E-state index in [-0.39, 0.29) is 24.4 Å². The Bertz CT molecular complexity index is 653. The third-order valence-corrected chi connectivity index (χ3v) is 5.61. The summed E-state index contributed by atoms with van der Waals surface area (Å²) in [6, 6.07) is 7.38. The van der Waals surface area contributed by atoms with Crippen molar-refractivity contribution in [3.05, 3.63) is 34.9 Å². The molecule has 6 heteroatoms. The van der Waals surface area contributed by atoms with E-state index in [1.54, 1.807) is 13.8 Å². The topological polar surface area (TPSA) is 77.8 Å². The van der Waals surface area contributed by atoms with Gasteiger partial charge in [0.25, 0.3) is 0 Å². The molecule has 3 atom stereocenters. The van der Waals surface area contributed by atoms with Crippen LogP contribution in [0.4, 0.5) is 0 Å². The van der Waals surface area contributed by atoms with Crippen LogP contribution in [0.1, 0.15) is 70.9 Å². The summed E-state index contributed by atoms with van der Waals surface area (Å²) in [7, 11) is 0. The zero-order valence-electron chi connectivity index (χ0n) is 16.3. The van der Waals surface area contributed by atoms with Crippen molar-refractivity contribution in [2.24, 2.45) is 5.92 Å². The lowest BCUT2D eigenvalue weighted by Gasteiger charge is -2.44. The third-order valence-electron chi connectivity index (χ3n) is 5.36. The van der Waals surface area contributed by atoms with Gasteiger partial charge in [-0.1, -0.05) is 30.7 Å². The first-order valence-corrected chi connectivity index (χ1v) is 10.0. The molecule has 150 valence electrons. The number of piperidine rings is 1. The van der Waals surface area contributed by atoms with Gasteiger partial charge in [0.15, 0.2) is 0 Å². The number of nitrogens with zero attached hydrogens (tertiary/aromatic N) is 1. The lowest BCUT2D eigenvalue weighted by molar-refractivity contribution is -0.151. The molecule has 2 N–H and O–H groups in total. The summed E-state index contributed by atoms with van der Waals surface area (Å²) in [6.07, 6.45) is 3.17. The van der Waals surface area contributed by atoms with Gasteiger partial charge in [-0.15, -0.1) is 0 Å². The van der Waals surface area contributed by atoms with Gasteiger partial charge in [0.1, 0.15) is 0 Å². The maximum Gasteiger partial charge on any atom is 0.304 e. The number of carboxylic acid groups (broad SMARTS) is 1. The number of hydrogen-bond acceptors (Lipinski definition) is 3. The normalized spacial score (nSPS) is 22.0. The van der Waals surface area contributed by atoms with Gasteiger partial charge in [-0.3, -0.25) is 9.59 Å². The predicted octanol–water partition coefficient (Wildman–Crippen LogP) is 4.42. The van der Waals surface area contributed by atoms with Crippen LogP contribution in [0, 0.1) is 5.92 Å². The van der Waals surface area contributed by atoms with Gasteiger partial charge in [0, 0.05) is 17.0 Å². The summed E-state index contributed by atoms with van der Waals surface area (Å²) in [5, 5.41) is 19.9. The Balaban J connectivity index is 2.32. The zero-order valence-corrected chi connectivity index (χ0v) is 17.1. The molecule has 2 unspecified atom stereocenters. The minimum absolute atomic E-state index is 0.0406. The number of likely N-dealkylation sites (tertiary alicyclic amines) is 1. The van der Waals surface area contributed by atoms with Crippen molar-refractivity contribution in [2.45, 2.75) is 77.0 Å². The molecule has 5 nitrogen and oxygen atoms in total. The van der Waals surface area contributed by atoms with Gasteiger partial charge in [-0.25, -0.2) is 0 Å². The number of carboxylic acids is 1. The average molecular weight is 396 g/mol. The number of halogens is 1. The van der Waals surface area contributed by atoms with Gasteiger partial charge < -0.3 is 15.1 Å². The highest BCUT2D eigenvalue weighted by Crippen LogP contribution is 2.39. The zero-order chi connectivity index (χ0) is 20.2. The summed E-state index contributed by atoms with van der Waals surface area (Å²) in [5.41, 5.74) is 0.214. The molecule has 1 aromatic rings. The molecule has 0 aliphatic carbocycles. The van der Waals surface area contributed by atoms with Crippen molar-refractivity contribution in [1.82, 2.24) is 4.90 Å². The van der Waals surface area contributed by atoms with Gasteiger partial charge in [0.2, 0.25) is 5.91 Å². The van der Waals surface area contributed by atoms with E-state index in [0.29, 0.717) is 24.3 Å². The van der Waals surface area contributed by atoms with Crippen molar-refractivity contribution < 1.29 is 19.8 Å². The van der Waals surface area contributed by atoms with Crippen LogP contribution in [0.2, 0.25) is 5.02 Å². The standard InChI is InChI=1S/C21H30ClNO4/c1-4-17(11-12-21(2,3)27)23-18(14-5-8-16(22)9-6-14)10-7-15(20(23)26)13-19(24)25/h5-6,8-9,15,17-18,27H,4,7,10-13H2,1-3H3,(H,24,25)/t15-,17?,18?/m1/s1. The Kier molecular flexibility index (Phi) is 7.29. The molecule has 1 fully saturated rings. The molecule has 1 aliphatic heterocycles. The quantitative estimate of drug-likeness (QED) is 0.682. The number of amides is 1. The number of aliphatic hydroxyl groups is 1. The first kappa shape index (κ1) is 21.7. The fourth-order valence-electron chi connectivity index (χ4n) is 3.89. The smallest absolute Gasteiger partial charge is 0.304 e. The number of carbonyl (C=O) groups is 2. The molecule has 1 aliphatic rings. The number of rotatable bonds is 8. The van der Waals surface area contributed by atoms with Crippen molar-refractivity contribution in [2.75, 3.05) is 0 Å². The largest absolute Gasteiger partial charge is 0.481 e. The Labute approximate surface area is 166 Å². The number of benzene rings is 1. The number of carbonyl (C=O) groups excluding carboxylic acids is 1. The molecule has 1 amide bonds. The van der Waals surface area contributed by atoms with Gasteiger partial charge in [0.05, 0.1) is 18.1 Å². The molecule has 0 spiro atoms. The fraction of sp³-hybridized carbons (Fsp3) is 0.619. The molecule has 1 saturated heterocycles. The van der Waals surface area contributed by atoms with Gasteiger partial charge in [-0.2, -0.15) is 0 Å². The summed E-state index contributed by atoms with van der Waals surface area (Å²) in [5.74, 6) is -1.52. The van der Waals surface area contributed by atoms with Crippen LogP contribution in [0.3, 0.4) is 0 Å². The maximum absolute atomic E-state index is 13.2. The van der Waals surface area contributed by atoms with E-state index >= 15 is 0 Å². The molecule has 0 saturated carbocycles. The second-order valence-corrected chi connectivity index (χ2v) is 8.53. The highest BCUT2D eigenvalue weighted by atomic mass is 35.5. The Hall–Kier alpha value is -1.59. The van der Waals surface area contributed by atoms with Crippen LogP contribution in [0.25, 0.3) is 0 Å². The van der Waals surface area contributed by atoms with Crippen LogP contribution in [0.5, 0.6) is 0 Å². The number of aliphatic carboxylic acids is 1. The SMILES string of the molecule is CCC(CCC(C)(C)O)N1C(=O)[C@@H](CC(=O)O)CCC1c1ccc(Cl)cc1. The van der Waals surface area contributed by atoms with Crippen LogP contribution in [0.15, 0.2) is 24.3 Å². The monoisotopic (exact) mass is 395 g/mol. The lowest BCUT2D eigenvalue weighted by Crippen LogP contribution is -2.49. The van der Waals surface area contributed by atoms with E-state index in [2.05, 4.69) is 0 Å². The van der Waals surface area contributed by atoms with E-state index in [0.717, 1.165) is 18.4 Å². The third kappa shape index (κ3) is 5.94. The van der Waals surface area contributed by atoms with Crippen molar-refractivity contribution in [1.29, 1.82) is 0 Å². The molecular weight excluding hydrogens is 366 g/mol. The predicted molar refractivity (Wildman–Crippen MR) is 106 cm³/mol. The van der Waals surface area contributed by atoms with E-state index in [1.165, 1.54) is 0 Å². The summed E-state index contributed by atoms with van der Waals surface area (Å²) >= 11 is 6.01. The maximum atomic E-state index is 13.2. The molecule has 0 radical (unpaired) electrons. The summed E-state index contributed by atoms with van der Waals surface area (Å²) < 4.78 is 0. The highest BCUT2D eigenvalue weighted by molar-refractivity contribution is 6.30. The minimum atomic E-state index is -0.942. The Morgan fingerprint density at radius 3 is 2.44 bits per heavy atom. The lowest BCUT2D eigenvalue weighted by atomic mass is 9.84. The fourth-order valence-corrected chi connectivity index (χ4v) is 4.02. The van der Waals surface area contributed by atoms with Gasteiger partial charge >= 0.3 is 5.97 Å². The van der Waals surface area contributed by atoms with Crippen LogP contribution >= 0.6 is 11.6 Å². The first-order valence-electron chi connectivity index (χ1n) is 9.64. The second kappa shape index (κ2) is 9.07. The Morgan fingerprint density at radius 1 is 1.30 bits per heavy atom. The molecule has 27 heavy (non-hydrogen) atoms.